The molecule has 5 aromatic rings. The van der Waals surface area contributed by atoms with E-state index in [1.165, 1.54) is 10.6 Å². The number of hydrogen-bond donors (Lipinski definition) is 5. The molecule has 0 unspecified atom stereocenters. The van der Waals surface area contributed by atoms with Crippen LogP contribution in [-0.2, 0) is 20.0 Å². The smallest absolute Gasteiger partial charge is 0.348 e. The van der Waals surface area contributed by atoms with Gasteiger partial charge in [-0.1, -0.05) is 0 Å². The average Bonchev–Trinajstić information content (AvgIpc) is 3.47. The van der Waals surface area contributed by atoms with Crippen LogP contribution in [0.2, 0.25) is 0 Å². The van der Waals surface area contributed by atoms with Crippen molar-refractivity contribution in [3.63, 3.8) is 0 Å². The van der Waals surface area contributed by atoms with Gasteiger partial charge in [-0.25, -0.2) is 36.1 Å². The second-order valence-electron chi connectivity index (χ2n) is 9.32. The fraction of sp³-hybridized carbons (Fsp3) is 0.0909. The lowest BCUT2D eigenvalue weighted by atomic mass is 10.2. The number of aromatic nitrogens is 5. The summed E-state index contributed by atoms with van der Waals surface area (Å²) in [6.07, 6.45) is 4.64. The van der Waals surface area contributed by atoms with Gasteiger partial charge in [-0.05, 0) is 24.3 Å². The summed E-state index contributed by atoms with van der Waals surface area (Å²) in [7, 11) is -7.76. The molecular formula is C22H20N10O12S2. The van der Waals surface area contributed by atoms with Crippen LogP contribution in [0.15, 0.2) is 68.0 Å². The number of nitrogens with zero attached hydrogens (tertiary/aromatic N) is 5. The summed E-state index contributed by atoms with van der Waals surface area (Å²) in [6.45, 7) is 0. The van der Waals surface area contributed by atoms with Crippen LogP contribution in [0.3, 0.4) is 0 Å². The molecule has 0 radical (unpaired) electrons. The van der Waals surface area contributed by atoms with Gasteiger partial charge in [-0.2, -0.15) is 9.35 Å². The molecular weight excluding hydrogens is 660 g/mol. The third-order valence-electron chi connectivity index (χ3n) is 5.83. The Hall–Kier alpha value is -6.30. The van der Waals surface area contributed by atoms with Crippen LogP contribution in [0.5, 0.6) is 0 Å². The quantitative estimate of drug-likeness (QED) is 0.0749. The fourth-order valence-corrected chi connectivity index (χ4v) is 5.01. The van der Waals surface area contributed by atoms with Gasteiger partial charge in [0.25, 0.3) is 22.5 Å². The lowest BCUT2D eigenvalue weighted by molar-refractivity contribution is -0.384. The lowest BCUT2D eigenvalue weighted by Crippen LogP contribution is -2.43. The number of fused-ring (bicyclic) bond motifs is 2. The highest BCUT2D eigenvalue weighted by Crippen LogP contribution is 2.27. The Morgan fingerprint density at radius 1 is 0.717 bits per heavy atom. The highest BCUT2D eigenvalue weighted by Gasteiger charge is 2.21. The molecule has 0 bridgehead atoms. The first-order chi connectivity index (χ1) is 21.3. The van der Waals surface area contributed by atoms with Gasteiger partial charge in [0.2, 0.25) is 20.0 Å². The molecule has 0 fully saturated rings. The van der Waals surface area contributed by atoms with Crippen LogP contribution in [0.1, 0.15) is 0 Å². The summed E-state index contributed by atoms with van der Waals surface area (Å²) in [5, 5.41) is 21.8. The second kappa shape index (κ2) is 11.7. The number of anilines is 1. The van der Waals surface area contributed by atoms with Crippen molar-refractivity contribution in [1.82, 2.24) is 23.9 Å². The normalized spacial score (nSPS) is 11.5. The van der Waals surface area contributed by atoms with Gasteiger partial charge < -0.3 is 20.3 Å². The molecule has 3 heterocycles. The summed E-state index contributed by atoms with van der Waals surface area (Å²) >= 11 is 0. The van der Waals surface area contributed by atoms with Gasteiger partial charge in [0, 0.05) is 24.5 Å². The molecule has 0 aliphatic heterocycles. The molecule has 6 N–H and O–H groups in total. The molecule has 0 saturated heterocycles. The number of nitrogens with two attached hydrogens (primary N) is 1. The zero-order chi connectivity index (χ0) is 34.3. The van der Waals surface area contributed by atoms with Crippen molar-refractivity contribution in [3.8, 4) is 5.69 Å². The molecule has 242 valence electrons. The fourth-order valence-electron chi connectivity index (χ4n) is 4.01. The van der Waals surface area contributed by atoms with E-state index in [2.05, 4.69) is 9.97 Å². The number of hydrogen-bond acceptors (Lipinski definition) is 13. The van der Waals surface area contributed by atoms with E-state index in [1.54, 1.807) is 34.2 Å². The maximum absolute atomic E-state index is 12.5. The molecule has 0 atom stereocenters. The number of sulfonamides is 2. The SMILES string of the molecule is CS(=O)(=O)Nn1c(=O)[nH]c2cc([N+](=O)[O-])c(-n3cccc3)cc2c1=O.CS(=O)(=O)Nn1c(=O)[nH]c2cc([N+](=O)[O-])c(N)cc2c1=O. The van der Waals surface area contributed by atoms with Crippen molar-refractivity contribution < 1.29 is 26.7 Å². The number of aromatic amines is 2. The largest absolute Gasteiger partial charge is 0.393 e. The van der Waals surface area contributed by atoms with E-state index in [4.69, 9.17) is 5.73 Å². The second-order valence-corrected chi connectivity index (χ2v) is 12.8. The maximum atomic E-state index is 12.5. The van der Waals surface area contributed by atoms with E-state index >= 15 is 0 Å². The number of H-pyrrole nitrogens is 2. The van der Waals surface area contributed by atoms with Crippen LogP contribution in [0.25, 0.3) is 27.5 Å². The predicted octanol–water partition coefficient (Wildman–Crippen LogP) is -1.42. The standard InChI is InChI=1S/C13H11N5O6S.C9H9N5O6S/c1-25(23,24)15-17-12(19)8-6-10(16-4-2-3-5-16)11(18(21)22)7-9(8)14-13(17)20;1-21(19,20)12-13-8(15)4-2-5(10)7(14(17)18)3-6(4)11-9(13)16/h2-7,15H,1H3,(H,14,20);2-3,12H,10H2,1H3,(H,11,16). The number of nitrogen functional groups attached to an aromatic ring is 1. The first-order valence-corrected chi connectivity index (χ1v) is 15.8. The molecule has 24 heteroatoms. The van der Waals surface area contributed by atoms with Crippen molar-refractivity contribution in [2.45, 2.75) is 0 Å². The third kappa shape index (κ3) is 6.76. The minimum atomic E-state index is -3.89. The van der Waals surface area contributed by atoms with E-state index in [0.717, 1.165) is 30.7 Å². The Morgan fingerprint density at radius 2 is 1.13 bits per heavy atom. The highest BCUT2D eigenvalue weighted by molar-refractivity contribution is 7.91. The molecule has 3 aromatic heterocycles. The minimum Gasteiger partial charge on any atom is -0.393 e. The van der Waals surface area contributed by atoms with Crippen LogP contribution in [-0.4, -0.2) is 63.1 Å². The molecule has 2 aromatic carbocycles. The van der Waals surface area contributed by atoms with E-state index in [0.29, 0.717) is 4.68 Å². The highest BCUT2D eigenvalue weighted by atomic mass is 32.2. The van der Waals surface area contributed by atoms with Crippen molar-refractivity contribution in [2.24, 2.45) is 0 Å². The zero-order valence-electron chi connectivity index (χ0n) is 23.1. The Balaban J connectivity index is 0.000000212. The van der Waals surface area contributed by atoms with Crippen molar-refractivity contribution >= 4 is 58.9 Å². The van der Waals surface area contributed by atoms with E-state index in [9.17, 15) is 56.2 Å². The average molecular weight is 681 g/mol. The molecule has 46 heavy (non-hydrogen) atoms. The number of rotatable bonds is 7. The topological polar surface area (TPSA) is 319 Å². The summed E-state index contributed by atoms with van der Waals surface area (Å²) < 4.78 is 46.8. The van der Waals surface area contributed by atoms with Crippen molar-refractivity contribution in [2.75, 3.05) is 27.9 Å². The number of benzene rings is 2. The van der Waals surface area contributed by atoms with E-state index in [-0.39, 0.29) is 43.5 Å². The molecule has 22 nitrogen and oxygen atoms in total. The molecule has 0 spiro atoms. The number of nitro groups is 2. The van der Waals surface area contributed by atoms with Gasteiger partial charge in [0.15, 0.2) is 0 Å². The molecule has 0 amide bonds. The Kier molecular flexibility index (Phi) is 8.26. The summed E-state index contributed by atoms with van der Waals surface area (Å²) in [5.41, 5.74) is 0.143. The summed E-state index contributed by atoms with van der Waals surface area (Å²) in [5.74, 6) is 0. The molecule has 0 aliphatic rings. The van der Waals surface area contributed by atoms with Crippen molar-refractivity contribution in [3.05, 3.63) is 111 Å². The van der Waals surface area contributed by atoms with E-state index < -0.39 is 58.1 Å². The van der Waals surface area contributed by atoms with Crippen LogP contribution >= 0.6 is 0 Å². The molecule has 0 saturated carbocycles. The van der Waals surface area contributed by atoms with Gasteiger partial charge in [0.1, 0.15) is 11.4 Å². The van der Waals surface area contributed by atoms with Crippen LogP contribution in [0, 0.1) is 20.2 Å². The minimum absolute atomic E-state index is 0.0795. The summed E-state index contributed by atoms with van der Waals surface area (Å²) in [6, 6.07) is 7.48. The first-order valence-electron chi connectivity index (χ1n) is 12.1. The summed E-state index contributed by atoms with van der Waals surface area (Å²) in [4.78, 5) is 76.7. The monoisotopic (exact) mass is 680 g/mol. The van der Waals surface area contributed by atoms with Crippen LogP contribution in [0.4, 0.5) is 17.1 Å². The van der Waals surface area contributed by atoms with Gasteiger partial charge in [0.05, 0.1) is 44.2 Å². The van der Waals surface area contributed by atoms with Crippen molar-refractivity contribution in [1.29, 1.82) is 0 Å². The van der Waals surface area contributed by atoms with Gasteiger partial charge >= 0.3 is 11.4 Å². The third-order valence-corrected chi connectivity index (χ3v) is 6.86. The first kappa shape index (κ1) is 32.6. The zero-order valence-corrected chi connectivity index (χ0v) is 24.8. The lowest BCUT2D eigenvalue weighted by Gasteiger charge is -2.09. The van der Waals surface area contributed by atoms with E-state index in [1.807, 2.05) is 0 Å². The Bertz CT molecular complexity index is 2530. The van der Waals surface area contributed by atoms with Gasteiger partial charge in [-0.15, -0.1) is 0 Å². The van der Waals surface area contributed by atoms with Gasteiger partial charge in [-0.3, -0.25) is 29.8 Å². The Labute approximate surface area is 253 Å². The molecule has 0 aliphatic carbocycles. The number of nitro benzene ring substituents is 2. The maximum Gasteiger partial charge on any atom is 0.348 e. The number of nitrogens with one attached hydrogen (secondary N) is 4. The Morgan fingerprint density at radius 3 is 1.54 bits per heavy atom. The predicted molar refractivity (Wildman–Crippen MR) is 163 cm³/mol. The van der Waals surface area contributed by atoms with Crippen LogP contribution < -0.4 is 37.9 Å². The molecule has 5 rings (SSSR count).